The third-order valence-electron chi connectivity index (χ3n) is 3.88. The molecule has 104 valence electrons. The van der Waals surface area contributed by atoms with Crippen molar-refractivity contribution in [3.63, 3.8) is 0 Å². The molecule has 19 heavy (non-hydrogen) atoms. The summed E-state index contributed by atoms with van der Waals surface area (Å²) >= 11 is 0. The summed E-state index contributed by atoms with van der Waals surface area (Å²) in [5, 5.41) is 3.52. The van der Waals surface area contributed by atoms with Crippen molar-refractivity contribution < 1.29 is 9.53 Å². The smallest absolute Gasteiger partial charge is 0.339 e. The van der Waals surface area contributed by atoms with Gasteiger partial charge in [-0.3, -0.25) is 0 Å². The van der Waals surface area contributed by atoms with Crippen LogP contribution in [0.4, 0.5) is 5.69 Å². The summed E-state index contributed by atoms with van der Waals surface area (Å²) in [5.41, 5.74) is 2.61. The quantitative estimate of drug-likeness (QED) is 0.842. The van der Waals surface area contributed by atoms with Crippen molar-refractivity contribution in [2.75, 3.05) is 12.4 Å². The monoisotopic (exact) mass is 261 g/mol. The van der Waals surface area contributed by atoms with E-state index in [1.165, 1.54) is 32.8 Å². The topological polar surface area (TPSA) is 38.3 Å². The molecule has 1 N–H and O–H groups in total. The number of benzene rings is 1. The Bertz CT molecular complexity index is 456. The molecule has 3 heteroatoms. The molecule has 2 atom stereocenters. The first-order chi connectivity index (χ1) is 9.10. The van der Waals surface area contributed by atoms with Crippen molar-refractivity contribution in [1.29, 1.82) is 0 Å². The van der Waals surface area contributed by atoms with Gasteiger partial charge in [0.05, 0.1) is 12.7 Å². The molecule has 3 nitrogen and oxygen atoms in total. The Morgan fingerprint density at radius 2 is 2.16 bits per heavy atom. The van der Waals surface area contributed by atoms with Gasteiger partial charge < -0.3 is 10.1 Å². The first-order valence-corrected chi connectivity index (χ1v) is 7.05. The van der Waals surface area contributed by atoms with Gasteiger partial charge in [-0.25, -0.2) is 4.79 Å². The van der Waals surface area contributed by atoms with Gasteiger partial charge in [0.2, 0.25) is 0 Å². The number of rotatable bonds is 3. The van der Waals surface area contributed by atoms with Gasteiger partial charge in [0.25, 0.3) is 0 Å². The highest BCUT2D eigenvalue weighted by atomic mass is 16.5. The number of hydrogen-bond acceptors (Lipinski definition) is 3. The Morgan fingerprint density at radius 1 is 1.37 bits per heavy atom. The first-order valence-electron chi connectivity index (χ1n) is 7.05. The van der Waals surface area contributed by atoms with Gasteiger partial charge in [0, 0.05) is 11.7 Å². The second-order valence-corrected chi connectivity index (χ2v) is 5.65. The SMILES string of the molecule is COC(=O)c1cc(C)ccc1NC1CCCC(C)C1. The number of esters is 1. The number of nitrogens with one attached hydrogen (secondary N) is 1. The molecule has 0 saturated heterocycles. The number of carbonyl (C=O) groups is 1. The fourth-order valence-electron chi connectivity index (χ4n) is 2.85. The zero-order valence-electron chi connectivity index (χ0n) is 12.0. The molecule has 0 aromatic heterocycles. The lowest BCUT2D eigenvalue weighted by atomic mass is 9.87. The summed E-state index contributed by atoms with van der Waals surface area (Å²) in [6.45, 7) is 4.28. The minimum Gasteiger partial charge on any atom is -0.465 e. The molecule has 1 fully saturated rings. The highest BCUT2D eigenvalue weighted by molar-refractivity contribution is 5.95. The van der Waals surface area contributed by atoms with E-state index < -0.39 is 0 Å². The molecule has 1 aliphatic rings. The third kappa shape index (κ3) is 3.49. The van der Waals surface area contributed by atoms with Gasteiger partial charge in [-0.2, -0.15) is 0 Å². The van der Waals surface area contributed by atoms with Gasteiger partial charge in [-0.15, -0.1) is 0 Å². The fourth-order valence-corrected chi connectivity index (χ4v) is 2.85. The number of hydrogen-bond donors (Lipinski definition) is 1. The fraction of sp³-hybridized carbons (Fsp3) is 0.562. The molecule has 0 heterocycles. The van der Waals surface area contributed by atoms with Crippen LogP contribution in [0.1, 0.15) is 48.5 Å². The van der Waals surface area contributed by atoms with Crippen LogP contribution in [-0.4, -0.2) is 19.1 Å². The van der Waals surface area contributed by atoms with Crippen molar-refractivity contribution in [3.05, 3.63) is 29.3 Å². The molecule has 0 radical (unpaired) electrons. The zero-order chi connectivity index (χ0) is 13.8. The predicted octanol–water partition coefficient (Wildman–Crippen LogP) is 3.77. The lowest BCUT2D eigenvalue weighted by molar-refractivity contribution is 0.0601. The van der Waals surface area contributed by atoms with Crippen molar-refractivity contribution in [2.24, 2.45) is 5.92 Å². The highest BCUT2D eigenvalue weighted by Gasteiger charge is 2.20. The van der Waals surface area contributed by atoms with Crippen LogP contribution in [0.3, 0.4) is 0 Å². The van der Waals surface area contributed by atoms with Gasteiger partial charge >= 0.3 is 5.97 Å². The van der Waals surface area contributed by atoms with Crippen LogP contribution >= 0.6 is 0 Å². The van der Waals surface area contributed by atoms with Gasteiger partial charge in [-0.1, -0.05) is 31.4 Å². The first kappa shape index (κ1) is 13.9. The zero-order valence-corrected chi connectivity index (χ0v) is 12.0. The summed E-state index contributed by atoms with van der Waals surface area (Å²) in [7, 11) is 1.43. The molecule has 0 aliphatic heterocycles. The number of anilines is 1. The number of ether oxygens (including phenoxy) is 1. The Labute approximate surface area is 115 Å². The molecule has 2 unspecified atom stereocenters. The molecule has 1 aliphatic carbocycles. The van der Waals surface area contributed by atoms with Gasteiger partial charge in [-0.05, 0) is 37.8 Å². The van der Waals surface area contributed by atoms with E-state index in [2.05, 4.69) is 12.2 Å². The van der Waals surface area contributed by atoms with E-state index >= 15 is 0 Å². The summed E-state index contributed by atoms with van der Waals surface area (Å²) < 4.78 is 4.86. The van der Waals surface area contributed by atoms with Crippen LogP contribution in [0.25, 0.3) is 0 Å². The van der Waals surface area contributed by atoms with Crippen LogP contribution in [0.5, 0.6) is 0 Å². The standard InChI is InChI=1S/C16H23NO2/c1-11-5-4-6-13(9-11)17-15-8-7-12(2)10-14(15)16(18)19-3/h7-8,10-11,13,17H,4-6,9H2,1-3H3. The summed E-state index contributed by atoms with van der Waals surface area (Å²) in [6.07, 6.45) is 4.93. The summed E-state index contributed by atoms with van der Waals surface area (Å²) in [4.78, 5) is 11.8. The Morgan fingerprint density at radius 3 is 2.84 bits per heavy atom. The molecular weight excluding hydrogens is 238 g/mol. The second-order valence-electron chi connectivity index (χ2n) is 5.65. The van der Waals surface area contributed by atoms with E-state index in [0.717, 1.165) is 17.2 Å². The lowest BCUT2D eigenvalue weighted by Gasteiger charge is -2.29. The van der Waals surface area contributed by atoms with E-state index in [-0.39, 0.29) is 5.97 Å². The lowest BCUT2D eigenvalue weighted by Crippen LogP contribution is -2.27. The normalized spacial score (nSPS) is 22.9. The molecule has 1 saturated carbocycles. The molecular formula is C16H23NO2. The van der Waals surface area contributed by atoms with E-state index in [1.54, 1.807) is 0 Å². The van der Waals surface area contributed by atoms with E-state index in [1.807, 2.05) is 25.1 Å². The Balaban J connectivity index is 2.17. The predicted molar refractivity (Wildman–Crippen MR) is 77.6 cm³/mol. The van der Waals surface area contributed by atoms with Crippen LogP contribution < -0.4 is 5.32 Å². The Hall–Kier alpha value is -1.51. The van der Waals surface area contributed by atoms with E-state index in [4.69, 9.17) is 4.74 Å². The van der Waals surface area contributed by atoms with Crippen LogP contribution in [0.15, 0.2) is 18.2 Å². The van der Waals surface area contributed by atoms with Crippen molar-refractivity contribution in [2.45, 2.75) is 45.6 Å². The molecule has 0 amide bonds. The number of aryl methyl sites for hydroxylation is 1. The Kier molecular flexibility index (Phi) is 4.46. The highest BCUT2D eigenvalue weighted by Crippen LogP contribution is 2.28. The van der Waals surface area contributed by atoms with Crippen LogP contribution in [-0.2, 0) is 4.74 Å². The average molecular weight is 261 g/mol. The third-order valence-corrected chi connectivity index (χ3v) is 3.88. The van der Waals surface area contributed by atoms with Crippen molar-refractivity contribution >= 4 is 11.7 Å². The van der Waals surface area contributed by atoms with Crippen molar-refractivity contribution in [1.82, 2.24) is 0 Å². The molecule has 1 aromatic rings. The average Bonchev–Trinajstić information content (AvgIpc) is 2.40. The minimum atomic E-state index is -0.268. The van der Waals surface area contributed by atoms with Crippen LogP contribution in [0.2, 0.25) is 0 Å². The molecule has 2 rings (SSSR count). The van der Waals surface area contributed by atoms with Gasteiger partial charge in [0.1, 0.15) is 0 Å². The summed E-state index contributed by atoms with van der Waals surface area (Å²) in [5.74, 6) is 0.494. The second kappa shape index (κ2) is 6.09. The van der Waals surface area contributed by atoms with Crippen LogP contribution in [0, 0.1) is 12.8 Å². The molecule has 1 aromatic carbocycles. The van der Waals surface area contributed by atoms with Crippen molar-refractivity contribution in [3.8, 4) is 0 Å². The summed E-state index contributed by atoms with van der Waals surface area (Å²) in [6, 6.07) is 6.37. The maximum Gasteiger partial charge on any atom is 0.339 e. The minimum absolute atomic E-state index is 0.268. The molecule has 0 spiro atoms. The maximum absolute atomic E-state index is 11.8. The molecule has 0 bridgehead atoms. The largest absolute Gasteiger partial charge is 0.465 e. The van der Waals surface area contributed by atoms with Gasteiger partial charge in [0.15, 0.2) is 0 Å². The maximum atomic E-state index is 11.8. The number of methoxy groups -OCH3 is 1. The number of carbonyl (C=O) groups excluding carboxylic acids is 1. The van der Waals surface area contributed by atoms with E-state index in [0.29, 0.717) is 11.6 Å². The van der Waals surface area contributed by atoms with E-state index in [9.17, 15) is 4.79 Å².